The fourth-order valence-electron chi connectivity index (χ4n) is 19.2. The van der Waals surface area contributed by atoms with Crippen LogP contribution < -0.4 is 9.47 Å². The van der Waals surface area contributed by atoms with Gasteiger partial charge < -0.3 is 67.2 Å². The number of amides is 4. The Labute approximate surface area is 851 Å². The van der Waals surface area contributed by atoms with E-state index in [1.54, 1.807) is 26.8 Å². The fourth-order valence-corrected chi connectivity index (χ4v) is 22.2. The van der Waals surface area contributed by atoms with Crippen LogP contribution in [0.2, 0.25) is 103 Å². The van der Waals surface area contributed by atoms with E-state index in [4.69, 9.17) is 58.8 Å². The molecule has 4 aliphatic heterocycles. The molecular formula is C111H135F3N18O9Si4. The monoisotopic (exact) mass is 2030 g/mol. The highest BCUT2D eigenvalue weighted by atomic mass is 28.3. The Bertz CT molecular complexity index is 7100. The van der Waals surface area contributed by atoms with Gasteiger partial charge in [0.2, 0.25) is 0 Å². The topological polar surface area (TPSA) is 299 Å². The number of nitrogens with zero attached hydrogens (tertiary/aromatic N) is 16. The van der Waals surface area contributed by atoms with Gasteiger partial charge in [0.1, 0.15) is 57.2 Å². The normalized spacial score (nSPS) is 15.2. The summed E-state index contributed by atoms with van der Waals surface area (Å²) in [6.45, 7) is 42.7. The first-order valence-corrected chi connectivity index (χ1v) is 65.8. The Morgan fingerprint density at radius 3 is 1.36 bits per heavy atom. The summed E-state index contributed by atoms with van der Waals surface area (Å²) in [5.41, 5.74) is 20.5. The van der Waals surface area contributed by atoms with Crippen molar-refractivity contribution in [2.75, 3.05) is 52.6 Å². The molecule has 8 aromatic carbocycles. The number of aromatic hydroxyl groups is 1. The maximum atomic E-state index is 15.8. The second-order valence-electron chi connectivity index (χ2n) is 43.6. The third-order valence-electron chi connectivity index (χ3n) is 27.8. The van der Waals surface area contributed by atoms with Crippen LogP contribution in [0.4, 0.5) is 22.8 Å². The number of ether oxygens (including phenoxy) is 6. The number of imidazole rings is 3. The van der Waals surface area contributed by atoms with Gasteiger partial charge in [0.05, 0.1) is 95.2 Å². The molecule has 1 aliphatic carbocycles. The number of urea groups is 2. The summed E-state index contributed by atoms with van der Waals surface area (Å²) >= 11 is 0. The number of aryl methyl sites for hydroxylation is 4. The molecular weight excluding hydrogens is 1900 g/mol. The summed E-state index contributed by atoms with van der Waals surface area (Å²) in [5.74, 6) is 0.655. The van der Waals surface area contributed by atoms with Crippen molar-refractivity contribution in [3.63, 3.8) is 0 Å². The molecule has 145 heavy (non-hydrogen) atoms. The van der Waals surface area contributed by atoms with E-state index >= 15 is 8.78 Å². The third kappa shape index (κ3) is 24.5. The number of carbonyl (C=O) groups is 2. The van der Waals surface area contributed by atoms with Crippen LogP contribution in [-0.2, 0) is 117 Å². The molecule has 6 aromatic heterocycles. The summed E-state index contributed by atoms with van der Waals surface area (Å²) in [4.78, 5) is 52.0. The van der Waals surface area contributed by atoms with E-state index in [1.807, 2.05) is 124 Å². The van der Waals surface area contributed by atoms with E-state index in [0.717, 1.165) is 197 Å². The van der Waals surface area contributed by atoms with Crippen LogP contribution in [0.15, 0.2) is 152 Å². The minimum Gasteiger partial charge on any atom is -0.505 e. The predicted molar refractivity (Wildman–Crippen MR) is 571 cm³/mol. The van der Waals surface area contributed by atoms with Crippen LogP contribution in [0, 0.1) is 51.9 Å². The Morgan fingerprint density at radius 2 is 0.897 bits per heavy atom. The van der Waals surface area contributed by atoms with Gasteiger partial charge in [-0.2, -0.15) is 25.8 Å². The number of nitrogens with one attached hydrogen (secondary N) is 2. The molecule has 10 heterocycles. The Balaban J connectivity index is 0.000000153. The fraction of sp³-hybridized carbons (Fsp3) is 0.423. The summed E-state index contributed by atoms with van der Waals surface area (Å²) in [5, 5.41) is 48.9. The first-order chi connectivity index (χ1) is 69.5. The standard InChI is InChI=1S/C45H58FN7O4Si2.C40H53FN4O3Si2.C26H24FN7O2/c1-8-34-23-42(57-29-32-12-10-9-11-13-32)38(46)24-37(34)35-14-15-36-40(22-35)53(31-56-19-21-59(5,6)7)49-43(36)44-48-39-27-51(45(54)50-17-16-33(25-47)26-50)28-41(39)52(44)30-55-18-20-58(2,3)4;1-8-30-24-38(48-26-29-13-10-9-11-14-29)34(41)25-33(30)31-17-18-32-37(23-31)45(28-47-20-22-50(5,6)7)43-39(32)40-42-35-15-12-16-36(35)44(40)27-46-19-21-49(2,3)4;1-2-15-8-23(35)19(27)9-18(15)16-3-4-17-20(7-16)31-32-24(17)25-29-21-12-34(13-22(21)30-25)26(36)33-6-5-14(10-28)11-33/h9-15,22-24,33H,8,16-21,26-31H2,1-7H3;9-11,13-14,17-18,23-25H,8,12,15-16,19-22,26-28H2,1-7H3;3-4,7-9,14,35H,2,5-6,11-13H2,1H3,(H,29,30)(H,31,32). The molecule has 0 bridgehead atoms. The highest BCUT2D eigenvalue weighted by Gasteiger charge is 2.39. The van der Waals surface area contributed by atoms with Crippen LogP contribution in [0.3, 0.4) is 0 Å². The van der Waals surface area contributed by atoms with Crippen molar-refractivity contribution in [2.24, 2.45) is 11.8 Å². The number of aromatic nitrogens is 12. The highest BCUT2D eigenvalue weighted by Crippen LogP contribution is 2.43. The number of halogens is 3. The van der Waals surface area contributed by atoms with Crippen LogP contribution in [0.25, 0.3) is 101 Å². The number of likely N-dealkylation sites (tertiary alicyclic amines) is 2. The van der Waals surface area contributed by atoms with Gasteiger partial charge in [-0.05, 0) is 210 Å². The van der Waals surface area contributed by atoms with Crippen molar-refractivity contribution in [3.8, 4) is 97.3 Å². The van der Waals surface area contributed by atoms with E-state index in [2.05, 4.69) is 153 Å². The molecule has 3 N–H and O–H groups in total. The zero-order chi connectivity index (χ0) is 102. The van der Waals surface area contributed by atoms with E-state index < -0.39 is 43.9 Å². The molecule has 2 saturated heterocycles. The highest BCUT2D eigenvalue weighted by molar-refractivity contribution is 6.77. The molecule has 2 atom stereocenters. The maximum Gasteiger partial charge on any atom is 0.320 e. The summed E-state index contributed by atoms with van der Waals surface area (Å²) in [6, 6.07) is 56.2. The molecule has 2 unspecified atom stereocenters. The zero-order valence-corrected chi connectivity index (χ0v) is 90.3. The number of benzene rings is 8. The number of phenols is 1. The van der Waals surface area contributed by atoms with Crippen LogP contribution >= 0.6 is 0 Å². The minimum absolute atomic E-state index is 0.0597. The predicted octanol–water partition coefficient (Wildman–Crippen LogP) is 24.0. The number of phenolic OH excluding ortho intramolecular Hbond substituents is 1. The Kier molecular flexibility index (Phi) is 31.9. The van der Waals surface area contributed by atoms with Gasteiger partial charge in [0.15, 0.2) is 52.2 Å². The Morgan fingerprint density at radius 1 is 0.462 bits per heavy atom. The SMILES string of the molecule is CCc1cc(O)c(F)cc1-c1ccc2c(-c3nc4c([nH]3)CN(C(=O)N3CCC(C#N)C3)C4)n[nH]c2c1.CCc1cc(OCc2ccccc2)c(F)cc1-c1ccc2c(-c3nc4c(n3COCC[Si](C)(C)C)CCC4)nn(COCC[Si](C)(C)C)c2c1.CCc1cc(OCc2ccccc2)c(F)cc1-c1ccc2c(-c3nc4c(n3COCC[Si](C)(C)C)CN(C(=O)N3CCC(C#N)C3)C4)nn(COCC[Si](C)(C)C)c2c1. The lowest BCUT2D eigenvalue weighted by Crippen LogP contribution is -2.39. The average Bonchev–Trinajstić information content (AvgIpc) is 1.60. The smallest absolute Gasteiger partial charge is 0.320 e. The van der Waals surface area contributed by atoms with Gasteiger partial charge >= 0.3 is 12.1 Å². The van der Waals surface area contributed by atoms with Gasteiger partial charge in [-0.25, -0.2) is 47.1 Å². The van der Waals surface area contributed by atoms with E-state index in [9.17, 15) is 24.3 Å². The zero-order valence-electron chi connectivity index (χ0n) is 86.3. The first kappa shape index (κ1) is 104. The number of hydrogen-bond acceptors (Lipinski definition) is 17. The summed E-state index contributed by atoms with van der Waals surface area (Å²) in [7, 11) is -5.14. The van der Waals surface area contributed by atoms with Crippen molar-refractivity contribution in [3.05, 3.63) is 231 Å². The number of carbonyl (C=O) groups excluding carboxylic acids is 2. The number of aromatic amines is 2. The molecule has 0 radical (unpaired) electrons. The number of nitriles is 2. The molecule has 760 valence electrons. The molecule has 5 aliphatic rings. The molecule has 14 aromatic rings. The molecule has 0 spiro atoms. The quantitative estimate of drug-likeness (QED) is 0.0246. The number of H-pyrrole nitrogens is 2. The van der Waals surface area contributed by atoms with Crippen LogP contribution in [-0.4, -0.2) is 180 Å². The number of hydrogen-bond donors (Lipinski definition) is 3. The second kappa shape index (κ2) is 44.7. The second-order valence-corrected chi connectivity index (χ2v) is 66.1. The average molecular weight is 2030 g/mol. The largest absolute Gasteiger partial charge is 0.505 e. The van der Waals surface area contributed by atoms with Gasteiger partial charge in [-0.3, -0.25) is 5.10 Å². The van der Waals surface area contributed by atoms with E-state index in [0.29, 0.717) is 135 Å². The van der Waals surface area contributed by atoms with Gasteiger partial charge in [-0.15, -0.1) is 0 Å². The molecule has 27 nitrogen and oxygen atoms in total. The maximum absolute atomic E-state index is 15.8. The lowest BCUT2D eigenvalue weighted by molar-refractivity contribution is 0.0813. The minimum atomic E-state index is -1.34. The van der Waals surface area contributed by atoms with Crippen molar-refractivity contribution < 1.29 is 56.3 Å². The lowest BCUT2D eigenvalue weighted by Gasteiger charge is -2.24. The third-order valence-corrected chi connectivity index (χ3v) is 34.6. The van der Waals surface area contributed by atoms with Crippen molar-refractivity contribution >= 4 is 77.1 Å². The van der Waals surface area contributed by atoms with Gasteiger partial charge in [0, 0.05) is 107 Å². The van der Waals surface area contributed by atoms with Crippen LogP contribution in [0.5, 0.6) is 17.2 Å². The molecule has 0 saturated carbocycles. The molecule has 19 rings (SSSR count). The number of fused-ring (bicyclic) bond motifs is 6. The van der Waals surface area contributed by atoms with Crippen molar-refractivity contribution in [2.45, 2.75) is 241 Å². The Hall–Kier alpha value is -12.8. The molecule has 4 amide bonds. The van der Waals surface area contributed by atoms with Crippen LogP contribution in [0.1, 0.15) is 102 Å². The van der Waals surface area contributed by atoms with Crippen molar-refractivity contribution in [1.82, 2.24) is 78.4 Å². The van der Waals surface area contributed by atoms with E-state index in [-0.39, 0.29) is 67.0 Å². The lowest BCUT2D eigenvalue weighted by atomic mass is 9.96. The number of rotatable bonds is 35. The van der Waals surface area contributed by atoms with Gasteiger partial charge in [-0.1, -0.05) is 178 Å². The molecule has 34 heteroatoms. The molecule has 2 fully saturated rings. The summed E-state index contributed by atoms with van der Waals surface area (Å²) < 4.78 is 90.7. The van der Waals surface area contributed by atoms with E-state index in [1.165, 1.54) is 17.8 Å². The first-order valence-electron chi connectivity index (χ1n) is 51.0. The van der Waals surface area contributed by atoms with Gasteiger partial charge in [0.25, 0.3) is 0 Å². The van der Waals surface area contributed by atoms with Crippen molar-refractivity contribution in [1.29, 1.82) is 10.5 Å². The summed E-state index contributed by atoms with van der Waals surface area (Å²) in [6.07, 6.45) is 6.59.